The summed E-state index contributed by atoms with van der Waals surface area (Å²) in [6.45, 7) is 5.64. The first-order valence-electron chi connectivity index (χ1n) is 13.0. The molecule has 4 aromatic rings. The second kappa shape index (κ2) is 11.0. The Balaban J connectivity index is 1.32. The van der Waals surface area contributed by atoms with E-state index < -0.39 is 23.8 Å². The fourth-order valence-electron chi connectivity index (χ4n) is 4.61. The van der Waals surface area contributed by atoms with Crippen LogP contribution >= 0.6 is 0 Å². The van der Waals surface area contributed by atoms with Crippen molar-refractivity contribution in [3.05, 3.63) is 77.9 Å². The van der Waals surface area contributed by atoms with Gasteiger partial charge in [0.1, 0.15) is 22.7 Å². The number of para-hydroxylation sites is 1. The largest absolute Gasteiger partial charge is 0.444 e. The van der Waals surface area contributed by atoms with Gasteiger partial charge < -0.3 is 20.3 Å². The Labute approximate surface area is 231 Å². The predicted octanol–water partition coefficient (Wildman–Crippen LogP) is 4.97. The van der Waals surface area contributed by atoms with Crippen LogP contribution in [0.5, 0.6) is 0 Å². The standard InChI is InChI=1S/C29H31N7O4/c1-29(2,3)40-28(39)31-20-9-6-7-18(15-20)17-36-25-10-5-4-8-19(25)11-13-23(26(36)37)32-27(38)30-21-12-14-22-24(16-21)34-35-33-22/h4-10,12,14-16,23H,11,13,17H2,1-3H3,(H,31,39)(H2,30,32,38)(H,33,34,35). The summed E-state index contributed by atoms with van der Waals surface area (Å²) in [7, 11) is 0. The fraction of sp³-hybridized carbons (Fsp3) is 0.276. The van der Waals surface area contributed by atoms with Crippen LogP contribution in [0.25, 0.3) is 11.0 Å². The van der Waals surface area contributed by atoms with Crippen molar-refractivity contribution in [1.82, 2.24) is 20.7 Å². The lowest BCUT2D eigenvalue weighted by atomic mass is 10.1. The van der Waals surface area contributed by atoms with E-state index in [9.17, 15) is 14.4 Å². The summed E-state index contributed by atoms with van der Waals surface area (Å²) < 4.78 is 5.35. The smallest absolute Gasteiger partial charge is 0.412 e. The molecule has 0 bridgehead atoms. The number of fused-ring (bicyclic) bond motifs is 2. The average Bonchev–Trinajstić information content (AvgIpc) is 3.32. The van der Waals surface area contributed by atoms with E-state index in [1.807, 2.05) is 36.4 Å². The van der Waals surface area contributed by atoms with Crippen LogP contribution in [-0.2, 0) is 22.5 Å². The third-order valence-electron chi connectivity index (χ3n) is 6.34. The quantitative estimate of drug-likeness (QED) is 0.281. The summed E-state index contributed by atoms with van der Waals surface area (Å²) >= 11 is 0. The summed E-state index contributed by atoms with van der Waals surface area (Å²) in [6.07, 6.45) is 0.510. The van der Waals surface area contributed by atoms with E-state index >= 15 is 0 Å². The first-order chi connectivity index (χ1) is 19.1. The van der Waals surface area contributed by atoms with Crippen LogP contribution in [0.2, 0.25) is 0 Å². The van der Waals surface area contributed by atoms with E-state index in [-0.39, 0.29) is 12.5 Å². The number of urea groups is 1. The molecule has 0 fully saturated rings. The number of anilines is 3. The van der Waals surface area contributed by atoms with E-state index in [4.69, 9.17) is 4.74 Å². The molecule has 11 nitrogen and oxygen atoms in total. The minimum absolute atomic E-state index is 0.224. The molecule has 1 aromatic heterocycles. The summed E-state index contributed by atoms with van der Waals surface area (Å²) in [6, 6.07) is 18.9. The molecule has 3 aromatic carbocycles. The van der Waals surface area contributed by atoms with E-state index in [2.05, 4.69) is 31.4 Å². The zero-order valence-electron chi connectivity index (χ0n) is 22.5. The number of ether oxygens (including phenoxy) is 1. The van der Waals surface area contributed by atoms with Gasteiger partial charge in [-0.15, -0.1) is 0 Å². The summed E-state index contributed by atoms with van der Waals surface area (Å²) in [5.74, 6) is -0.224. The molecule has 1 aliphatic heterocycles. The van der Waals surface area contributed by atoms with Gasteiger partial charge in [0.15, 0.2) is 0 Å². The minimum Gasteiger partial charge on any atom is -0.444 e. The number of carbonyl (C=O) groups excluding carboxylic acids is 3. The van der Waals surface area contributed by atoms with Crippen molar-refractivity contribution in [1.29, 1.82) is 0 Å². The van der Waals surface area contributed by atoms with Gasteiger partial charge >= 0.3 is 12.1 Å². The number of H-pyrrole nitrogens is 1. The normalized spacial score (nSPS) is 15.2. The van der Waals surface area contributed by atoms with Crippen LogP contribution in [0.1, 0.15) is 38.3 Å². The van der Waals surface area contributed by atoms with Gasteiger partial charge in [0.2, 0.25) is 5.91 Å². The third kappa shape index (κ3) is 6.37. The van der Waals surface area contributed by atoms with Gasteiger partial charge in [-0.25, -0.2) is 9.59 Å². The lowest BCUT2D eigenvalue weighted by Gasteiger charge is -2.27. The molecule has 11 heteroatoms. The Morgan fingerprint density at radius 1 is 0.975 bits per heavy atom. The van der Waals surface area contributed by atoms with Crippen LogP contribution in [-0.4, -0.2) is 45.1 Å². The highest BCUT2D eigenvalue weighted by Crippen LogP contribution is 2.29. The number of carbonyl (C=O) groups is 3. The van der Waals surface area contributed by atoms with Gasteiger partial charge in [0, 0.05) is 17.1 Å². The minimum atomic E-state index is -0.744. The highest BCUT2D eigenvalue weighted by molar-refractivity contribution is 6.02. The number of aromatic amines is 1. The number of benzene rings is 3. The number of nitrogens with one attached hydrogen (secondary N) is 4. The van der Waals surface area contributed by atoms with Crippen molar-refractivity contribution in [3.8, 4) is 0 Å². The molecule has 1 aliphatic rings. The molecule has 0 saturated carbocycles. The highest BCUT2D eigenvalue weighted by Gasteiger charge is 2.31. The molecule has 1 unspecified atom stereocenters. The number of nitrogens with zero attached hydrogens (tertiary/aromatic N) is 3. The molecule has 0 aliphatic carbocycles. The lowest BCUT2D eigenvalue weighted by Crippen LogP contribution is -2.49. The number of aryl methyl sites for hydroxylation is 1. The first kappa shape index (κ1) is 26.7. The van der Waals surface area contributed by atoms with Crippen molar-refractivity contribution in [2.75, 3.05) is 15.5 Å². The van der Waals surface area contributed by atoms with E-state index in [1.165, 1.54) is 0 Å². The maximum Gasteiger partial charge on any atom is 0.412 e. The monoisotopic (exact) mass is 541 g/mol. The molecule has 4 amide bonds. The molecule has 2 heterocycles. The van der Waals surface area contributed by atoms with Crippen LogP contribution in [0.15, 0.2) is 66.7 Å². The zero-order chi connectivity index (χ0) is 28.3. The molecule has 0 spiro atoms. The van der Waals surface area contributed by atoms with Gasteiger partial charge in [-0.3, -0.25) is 10.1 Å². The SMILES string of the molecule is CC(C)(C)OC(=O)Nc1cccc(CN2C(=O)C(NC(=O)Nc3ccc4n[nH]nc4c3)CCc3ccccc32)c1. The predicted molar refractivity (Wildman–Crippen MR) is 152 cm³/mol. The molecule has 40 heavy (non-hydrogen) atoms. The Hall–Kier alpha value is -4.93. The van der Waals surface area contributed by atoms with Gasteiger partial charge in [-0.1, -0.05) is 30.3 Å². The molecule has 0 radical (unpaired) electrons. The van der Waals surface area contributed by atoms with E-state index in [0.29, 0.717) is 35.2 Å². The third-order valence-corrected chi connectivity index (χ3v) is 6.34. The van der Waals surface area contributed by atoms with Crippen molar-refractivity contribution in [2.24, 2.45) is 0 Å². The highest BCUT2D eigenvalue weighted by atomic mass is 16.6. The van der Waals surface area contributed by atoms with Crippen LogP contribution in [0, 0.1) is 0 Å². The van der Waals surface area contributed by atoms with E-state index in [0.717, 1.165) is 16.8 Å². The topological polar surface area (TPSA) is 141 Å². The Bertz CT molecular complexity index is 1560. The van der Waals surface area contributed by atoms with E-state index in [1.54, 1.807) is 56.0 Å². The number of hydrogen-bond donors (Lipinski definition) is 4. The summed E-state index contributed by atoms with van der Waals surface area (Å²) in [5.41, 5.74) is 4.38. The van der Waals surface area contributed by atoms with Crippen molar-refractivity contribution in [2.45, 2.75) is 51.8 Å². The van der Waals surface area contributed by atoms with Crippen LogP contribution < -0.4 is 20.9 Å². The number of aromatic nitrogens is 3. The first-order valence-corrected chi connectivity index (χ1v) is 13.0. The Morgan fingerprint density at radius 2 is 1.75 bits per heavy atom. The van der Waals surface area contributed by atoms with Crippen LogP contribution in [0.3, 0.4) is 0 Å². The second-order valence-electron chi connectivity index (χ2n) is 10.6. The van der Waals surface area contributed by atoms with Gasteiger partial charge in [0.25, 0.3) is 0 Å². The number of rotatable bonds is 5. The molecule has 0 saturated heterocycles. The van der Waals surface area contributed by atoms with Gasteiger partial charge in [-0.2, -0.15) is 15.4 Å². The maximum absolute atomic E-state index is 13.8. The number of amides is 4. The van der Waals surface area contributed by atoms with Gasteiger partial charge in [0.05, 0.1) is 6.54 Å². The molecule has 1 atom stereocenters. The molecular formula is C29H31N7O4. The molecular weight excluding hydrogens is 510 g/mol. The van der Waals surface area contributed by atoms with Crippen molar-refractivity contribution < 1.29 is 19.1 Å². The average molecular weight is 542 g/mol. The Kier molecular flexibility index (Phi) is 7.37. The Morgan fingerprint density at radius 3 is 2.58 bits per heavy atom. The fourth-order valence-corrected chi connectivity index (χ4v) is 4.61. The molecule has 206 valence electrons. The molecule has 4 N–H and O–H groups in total. The summed E-state index contributed by atoms with van der Waals surface area (Å²) in [4.78, 5) is 40.7. The number of hydrogen-bond acceptors (Lipinski definition) is 6. The van der Waals surface area contributed by atoms with Crippen molar-refractivity contribution >= 4 is 46.1 Å². The lowest BCUT2D eigenvalue weighted by molar-refractivity contribution is -0.120. The molecule has 5 rings (SSSR count). The van der Waals surface area contributed by atoms with Crippen LogP contribution in [0.4, 0.5) is 26.7 Å². The van der Waals surface area contributed by atoms with Gasteiger partial charge in [-0.05, 0) is 81.1 Å². The van der Waals surface area contributed by atoms with Crippen molar-refractivity contribution in [3.63, 3.8) is 0 Å². The zero-order valence-corrected chi connectivity index (χ0v) is 22.5. The maximum atomic E-state index is 13.8. The second-order valence-corrected chi connectivity index (χ2v) is 10.6. The summed E-state index contributed by atoms with van der Waals surface area (Å²) in [5, 5.41) is 19.0.